The molecule has 1 amide bonds. The first-order valence-corrected chi connectivity index (χ1v) is 9.49. The third-order valence-electron chi connectivity index (χ3n) is 4.38. The summed E-state index contributed by atoms with van der Waals surface area (Å²) >= 11 is 1.71. The van der Waals surface area contributed by atoms with Gasteiger partial charge < -0.3 is 9.64 Å². The second kappa shape index (κ2) is 8.97. The maximum atomic E-state index is 12.8. The minimum Gasteiger partial charge on any atom is -0.492 e. The molecule has 6 heteroatoms. The fourth-order valence-electron chi connectivity index (χ4n) is 2.89. The second-order valence-electron chi connectivity index (χ2n) is 6.10. The number of thiophene rings is 1. The summed E-state index contributed by atoms with van der Waals surface area (Å²) in [5, 5.41) is 2.05. The van der Waals surface area contributed by atoms with Gasteiger partial charge in [-0.3, -0.25) is 9.69 Å². The van der Waals surface area contributed by atoms with Crippen LogP contribution in [0.2, 0.25) is 0 Å². The van der Waals surface area contributed by atoms with Gasteiger partial charge in [0.15, 0.2) is 0 Å². The van der Waals surface area contributed by atoms with Crippen LogP contribution in [0.4, 0.5) is 4.39 Å². The van der Waals surface area contributed by atoms with Crippen LogP contribution >= 0.6 is 11.3 Å². The summed E-state index contributed by atoms with van der Waals surface area (Å²) in [5.74, 6) is 0.673. The zero-order valence-corrected chi connectivity index (χ0v) is 15.0. The molecule has 1 saturated heterocycles. The molecule has 0 unspecified atom stereocenters. The molecule has 4 nitrogen and oxygen atoms in total. The van der Waals surface area contributed by atoms with Crippen LogP contribution in [0.15, 0.2) is 41.8 Å². The molecule has 3 rings (SSSR count). The van der Waals surface area contributed by atoms with Gasteiger partial charge in [0.1, 0.15) is 18.2 Å². The van der Waals surface area contributed by atoms with Gasteiger partial charge in [0, 0.05) is 44.0 Å². The van der Waals surface area contributed by atoms with Crippen molar-refractivity contribution < 1.29 is 13.9 Å². The molecule has 2 heterocycles. The van der Waals surface area contributed by atoms with Gasteiger partial charge in [-0.1, -0.05) is 6.07 Å². The Morgan fingerprint density at radius 2 is 1.88 bits per heavy atom. The standard InChI is InChI=1S/C19H23FN2O2S/c20-16-3-5-17(6-4-16)24-14-13-21-9-11-22(12-10-21)19(23)8-7-18-2-1-15-25-18/h1-6,15H,7-14H2. The second-order valence-corrected chi connectivity index (χ2v) is 7.14. The molecule has 25 heavy (non-hydrogen) atoms. The number of nitrogens with zero attached hydrogens (tertiary/aromatic N) is 2. The van der Waals surface area contributed by atoms with Crippen molar-refractivity contribution in [3.8, 4) is 5.75 Å². The molecule has 134 valence electrons. The van der Waals surface area contributed by atoms with Crippen molar-refractivity contribution in [3.05, 3.63) is 52.5 Å². The van der Waals surface area contributed by atoms with E-state index in [4.69, 9.17) is 4.74 Å². The Bertz CT molecular complexity index is 653. The summed E-state index contributed by atoms with van der Waals surface area (Å²) in [6.45, 7) is 4.68. The van der Waals surface area contributed by atoms with E-state index in [1.165, 1.54) is 17.0 Å². The number of carbonyl (C=O) groups excluding carboxylic acids is 1. The molecule has 0 spiro atoms. The first-order valence-electron chi connectivity index (χ1n) is 8.61. The molecule has 0 saturated carbocycles. The van der Waals surface area contributed by atoms with E-state index >= 15 is 0 Å². The number of benzene rings is 1. The number of hydrogen-bond donors (Lipinski definition) is 0. The van der Waals surface area contributed by atoms with Crippen LogP contribution < -0.4 is 4.74 Å². The molecule has 0 N–H and O–H groups in total. The molecule has 1 aliphatic heterocycles. The van der Waals surface area contributed by atoms with E-state index < -0.39 is 0 Å². The zero-order valence-electron chi connectivity index (χ0n) is 14.2. The van der Waals surface area contributed by atoms with Gasteiger partial charge in [-0.05, 0) is 42.1 Å². The van der Waals surface area contributed by atoms with Crippen molar-refractivity contribution in [1.82, 2.24) is 9.80 Å². The van der Waals surface area contributed by atoms with Crippen LogP contribution in [0, 0.1) is 5.82 Å². The average Bonchev–Trinajstić information content (AvgIpc) is 3.15. The number of amides is 1. The van der Waals surface area contributed by atoms with E-state index in [2.05, 4.69) is 11.0 Å². The van der Waals surface area contributed by atoms with Crippen LogP contribution in [-0.4, -0.2) is 55.0 Å². The summed E-state index contributed by atoms with van der Waals surface area (Å²) < 4.78 is 18.5. The molecule has 1 aromatic carbocycles. The lowest BCUT2D eigenvalue weighted by Crippen LogP contribution is -2.49. The highest BCUT2D eigenvalue weighted by molar-refractivity contribution is 7.09. The summed E-state index contributed by atoms with van der Waals surface area (Å²) in [4.78, 5) is 17.8. The number of rotatable bonds is 7. The number of carbonyl (C=O) groups is 1. The van der Waals surface area contributed by atoms with Gasteiger partial charge in [0.05, 0.1) is 0 Å². The van der Waals surface area contributed by atoms with Gasteiger partial charge in [0.2, 0.25) is 5.91 Å². The van der Waals surface area contributed by atoms with Crippen LogP contribution in [0.1, 0.15) is 11.3 Å². The van der Waals surface area contributed by atoms with Crippen molar-refractivity contribution >= 4 is 17.2 Å². The van der Waals surface area contributed by atoms with Gasteiger partial charge >= 0.3 is 0 Å². The lowest BCUT2D eigenvalue weighted by atomic mass is 10.2. The average molecular weight is 362 g/mol. The Kier molecular flexibility index (Phi) is 6.42. The Morgan fingerprint density at radius 3 is 2.56 bits per heavy atom. The highest BCUT2D eigenvalue weighted by atomic mass is 32.1. The van der Waals surface area contributed by atoms with E-state index in [-0.39, 0.29) is 11.7 Å². The van der Waals surface area contributed by atoms with Crippen molar-refractivity contribution in [3.63, 3.8) is 0 Å². The van der Waals surface area contributed by atoms with Crippen LogP contribution in [0.3, 0.4) is 0 Å². The Balaban J connectivity index is 1.32. The third kappa shape index (κ3) is 5.54. The Hall–Kier alpha value is -1.92. The molecule has 0 radical (unpaired) electrons. The Morgan fingerprint density at radius 1 is 1.12 bits per heavy atom. The van der Waals surface area contributed by atoms with Crippen molar-refractivity contribution in [1.29, 1.82) is 0 Å². The molecule has 2 aromatic rings. The zero-order chi connectivity index (χ0) is 17.5. The van der Waals surface area contributed by atoms with Crippen molar-refractivity contribution in [2.75, 3.05) is 39.3 Å². The molecule has 0 bridgehead atoms. The van der Waals surface area contributed by atoms with E-state index in [9.17, 15) is 9.18 Å². The summed E-state index contributed by atoms with van der Waals surface area (Å²) in [6.07, 6.45) is 1.43. The maximum absolute atomic E-state index is 12.8. The normalized spacial score (nSPS) is 15.3. The number of halogens is 1. The number of ether oxygens (including phenoxy) is 1. The monoisotopic (exact) mass is 362 g/mol. The summed E-state index contributed by atoms with van der Waals surface area (Å²) in [5.41, 5.74) is 0. The van der Waals surface area contributed by atoms with Crippen LogP contribution in [0.5, 0.6) is 5.75 Å². The van der Waals surface area contributed by atoms with E-state index in [1.54, 1.807) is 23.5 Å². The molecule has 0 atom stereocenters. The topological polar surface area (TPSA) is 32.8 Å². The predicted octanol–water partition coefficient (Wildman–Crippen LogP) is 3.04. The fraction of sp³-hybridized carbons (Fsp3) is 0.421. The van der Waals surface area contributed by atoms with E-state index in [1.807, 2.05) is 16.3 Å². The SMILES string of the molecule is O=C(CCc1cccs1)N1CCN(CCOc2ccc(F)cc2)CC1. The highest BCUT2D eigenvalue weighted by Crippen LogP contribution is 2.13. The molecule has 0 aliphatic carbocycles. The molecule has 1 aliphatic rings. The predicted molar refractivity (Wildman–Crippen MR) is 97.6 cm³/mol. The number of aryl methyl sites for hydroxylation is 1. The molecular formula is C19H23FN2O2S. The molecule has 1 fully saturated rings. The minimum atomic E-state index is -0.257. The smallest absolute Gasteiger partial charge is 0.223 e. The van der Waals surface area contributed by atoms with Gasteiger partial charge in [-0.15, -0.1) is 11.3 Å². The number of piperazine rings is 1. The third-order valence-corrected chi connectivity index (χ3v) is 5.32. The largest absolute Gasteiger partial charge is 0.492 e. The van der Waals surface area contributed by atoms with Gasteiger partial charge in [0.25, 0.3) is 0 Å². The van der Waals surface area contributed by atoms with Crippen LogP contribution in [0.25, 0.3) is 0 Å². The maximum Gasteiger partial charge on any atom is 0.223 e. The Labute approximate surface area is 151 Å². The van der Waals surface area contributed by atoms with Gasteiger partial charge in [-0.25, -0.2) is 4.39 Å². The van der Waals surface area contributed by atoms with Gasteiger partial charge in [-0.2, -0.15) is 0 Å². The van der Waals surface area contributed by atoms with Crippen molar-refractivity contribution in [2.45, 2.75) is 12.8 Å². The molecular weight excluding hydrogens is 339 g/mol. The lowest BCUT2D eigenvalue weighted by Gasteiger charge is -2.34. The summed E-state index contributed by atoms with van der Waals surface area (Å²) in [7, 11) is 0. The summed E-state index contributed by atoms with van der Waals surface area (Å²) in [6, 6.07) is 10.2. The first-order chi connectivity index (χ1) is 12.2. The van der Waals surface area contributed by atoms with E-state index in [0.717, 1.165) is 39.1 Å². The highest BCUT2D eigenvalue weighted by Gasteiger charge is 2.20. The van der Waals surface area contributed by atoms with E-state index in [0.29, 0.717) is 18.8 Å². The first kappa shape index (κ1) is 17.9. The van der Waals surface area contributed by atoms with Crippen LogP contribution in [-0.2, 0) is 11.2 Å². The molecule has 1 aromatic heterocycles. The fourth-order valence-corrected chi connectivity index (χ4v) is 3.60. The lowest BCUT2D eigenvalue weighted by molar-refractivity contribution is -0.132. The van der Waals surface area contributed by atoms with Crippen molar-refractivity contribution in [2.24, 2.45) is 0 Å². The quantitative estimate of drug-likeness (QED) is 0.759. The minimum absolute atomic E-state index is 0.246. The number of hydrogen-bond acceptors (Lipinski definition) is 4.